The number of likely N-dealkylation sites (tertiary alicyclic amines) is 1. The van der Waals surface area contributed by atoms with Gasteiger partial charge in [-0.15, -0.1) is 11.3 Å². The Labute approximate surface area is 151 Å². The van der Waals surface area contributed by atoms with Crippen LogP contribution in [0.2, 0.25) is 0 Å². The highest BCUT2D eigenvalue weighted by Gasteiger charge is 2.22. The van der Waals surface area contributed by atoms with Crippen LogP contribution in [0.5, 0.6) is 0 Å². The Kier molecular flexibility index (Phi) is 7.99. The number of guanidine groups is 1. The van der Waals surface area contributed by atoms with E-state index in [0.29, 0.717) is 6.04 Å². The molecule has 1 aromatic heterocycles. The van der Waals surface area contributed by atoms with Gasteiger partial charge in [0.25, 0.3) is 0 Å². The molecule has 5 nitrogen and oxygen atoms in total. The highest BCUT2D eigenvalue weighted by Crippen LogP contribution is 2.17. The lowest BCUT2D eigenvalue weighted by Gasteiger charge is -2.29. The molecular formula is C18H33N5S. The highest BCUT2D eigenvalue weighted by atomic mass is 32.1. The van der Waals surface area contributed by atoms with Gasteiger partial charge in [-0.25, -0.2) is 4.98 Å². The van der Waals surface area contributed by atoms with E-state index in [1.54, 1.807) is 11.3 Å². The maximum atomic E-state index is 4.41. The van der Waals surface area contributed by atoms with Crippen LogP contribution in [-0.4, -0.2) is 55.1 Å². The molecule has 0 bridgehead atoms. The zero-order valence-corrected chi connectivity index (χ0v) is 16.5. The lowest BCUT2D eigenvalue weighted by Crippen LogP contribution is -2.47. The van der Waals surface area contributed by atoms with E-state index < -0.39 is 0 Å². The molecule has 1 atom stereocenters. The van der Waals surface area contributed by atoms with Crippen molar-refractivity contribution in [2.24, 2.45) is 10.9 Å². The number of nitrogens with one attached hydrogen (secondary N) is 2. The van der Waals surface area contributed by atoms with Crippen molar-refractivity contribution in [3.05, 3.63) is 16.1 Å². The Balaban J connectivity index is 1.75. The van der Waals surface area contributed by atoms with Crippen LogP contribution in [0.3, 0.4) is 0 Å². The summed E-state index contributed by atoms with van der Waals surface area (Å²) >= 11 is 1.77. The van der Waals surface area contributed by atoms with Gasteiger partial charge >= 0.3 is 0 Å². The fourth-order valence-electron chi connectivity index (χ4n) is 3.25. The first-order chi connectivity index (χ1) is 11.6. The van der Waals surface area contributed by atoms with Crippen LogP contribution in [0.25, 0.3) is 0 Å². The Bertz CT molecular complexity index is 505. The Hall–Kier alpha value is -1.14. The third-order valence-corrected chi connectivity index (χ3v) is 5.40. The number of aromatic nitrogens is 1. The van der Waals surface area contributed by atoms with E-state index in [4.69, 9.17) is 0 Å². The van der Waals surface area contributed by atoms with Crippen LogP contribution in [0.4, 0.5) is 0 Å². The van der Waals surface area contributed by atoms with Gasteiger partial charge < -0.3 is 10.6 Å². The van der Waals surface area contributed by atoms with E-state index in [2.05, 4.69) is 46.3 Å². The van der Waals surface area contributed by atoms with Gasteiger partial charge in [-0.05, 0) is 45.2 Å². The van der Waals surface area contributed by atoms with Gasteiger partial charge in [-0.1, -0.05) is 13.8 Å². The van der Waals surface area contributed by atoms with E-state index in [1.807, 2.05) is 13.2 Å². The number of thiazole rings is 1. The zero-order valence-electron chi connectivity index (χ0n) is 15.6. The second-order valence-electron chi connectivity index (χ2n) is 7.02. The van der Waals surface area contributed by atoms with Crippen molar-refractivity contribution in [1.82, 2.24) is 20.5 Å². The molecule has 24 heavy (non-hydrogen) atoms. The van der Waals surface area contributed by atoms with Crippen LogP contribution < -0.4 is 10.6 Å². The van der Waals surface area contributed by atoms with E-state index in [-0.39, 0.29) is 0 Å². The smallest absolute Gasteiger partial charge is 0.191 e. The molecular weight excluding hydrogens is 318 g/mol. The SMILES string of the molecule is CN=C(NCCc1ncc(C)s1)NCC(CC(C)C)N1CCCC1. The molecule has 6 heteroatoms. The summed E-state index contributed by atoms with van der Waals surface area (Å²) in [5, 5.41) is 8.12. The van der Waals surface area contributed by atoms with Gasteiger partial charge in [-0.2, -0.15) is 0 Å². The van der Waals surface area contributed by atoms with Gasteiger partial charge in [0.1, 0.15) is 0 Å². The van der Waals surface area contributed by atoms with Crippen LogP contribution in [-0.2, 0) is 6.42 Å². The molecule has 1 aromatic rings. The van der Waals surface area contributed by atoms with Crippen molar-refractivity contribution in [3.63, 3.8) is 0 Å². The summed E-state index contributed by atoms with van der Waals surface area (Å²) in [7, 11) is 1.84. The minimum Gasteiger partial charge on any atom is -0.356 e. The second kappa shape index (κ2) is 9.99. The van der Waals surface area contributed by atoms with Crippen molar-refractivity contribution >= 4 is 17.3 Å². The fraction of sp³-hybridized carbons (Fsp3) is 0.778. The summed E-state index contributed by atoms with van der Waals surface area (Å²) in [4.78, 5) is 12.7. The normalized spacial score (nSPS) is 17.5. The summed E-state index contributed by atoms with van der Waals surface area (Å²) in [6.45, 7) is 11.0. The molecule has 1 aliphatic rings. The topological polar surface area (TPSA) is 52.6 Å². The van der Waals surface area contributed by atoms with Gasteiger partial charge in [0.05, 0.1) is 5.01 Å². The third kappa shape index (κ3) is 6.40. The van der Waals surface area contributed by atoms with Crippen LogP contribution in [0.15, 0.2) is 11.2 Å². The number of hydrogen-bond donors (Lipinski definition) is 2. The number of hydrogen-bond acceptors (Lipinski definition) is 4. The molecule has 0 radical (unpaired) electrons. The fourth-order valence-corrected chi connectivity index (χ4v) is 4.04. The van der Waals surface area contributed by atoms with E-state index in [0.717, 1.165) is 31.4 Å². The van der Waals surface area contributed by atoms with Crippen LogP contribution in [0, 0.1) is 12.8 Å². The van der Waals surface area contributed by atoms with Crippen molar-refractivity contribution in [3.8, 4) is 0 Å². The quantitative estimate of drug-likeness (QED) is 0.558. The van der Waals surface area contributed by atoms with Crippen molar-refractivity contribution < 1.29 is 0 Å². The first kappa shape index (κ1) is 19.2. The molecule has 0 amide bonds. The Morgan fingerprint density at radius 1 is 1.33 bits per heavy atom. The van der Waals surface area contributed by atoms with Gasteiger partial charge in [-0.3, -0.25) is 9.89 Å². The van der Waals surface area contributed by atoms with E-state index >= 15 is 0 Å². The molecule has 0 aromatic carbocycles. The summed E-state index contributed by atoms with van der Waals surface area (Å²) in [5.74, 6) is 1.62. The monoisotopic (exact) mass is 351 g/mol. The molecule has 2 N–H and O–H groups in total. The van der Waals surface area contributed by atoms with Crippen LogP contribution >= 0.6 is 11.3 Å². The minimum absolute atomic E-state index is 0.604. The molecule has 1 unspecified atom stereocenters. The minimum atomic E-state index is 0.604. The van der Waals surface area contributed by atoms with Crippen molar-refractivity contribution in [1.29, 1.82) is 0 Å². The Morgan fingerprint density at radius 3 is 2.67 bits per heavy atom. The molecule has 136 valence electrons. The number of aryl methyl sites for hydroxylation is 1. The molecule has 2 heterocycles. The summed E-state index contributed by atoms with van der Waals surface area (Å²) in [6, 6.07) is 0.604. The maximum Gasteiger partial charge on any atom is 0.191 e. The predicted molar refractivity (Wildman–Crippen MR) is 104 cm³/mol. The van der Waals surface area contributed by atoms with Crippen molar-refractivity contribution in [2.75, 3.05) is 33.2 Å². The summed E-state index contributed by atoms with van der Waals surface area (Å²) < 4.78 is 0. The zero-order chi connectivity index (χ0) is 17.4. The first-order valence-electron chi connectivity index (χ1n) is 9.18. The molecule has 0 aliphatic carbocycles. The van der Waals surface area contributed by atoms with Crippen LogP contribution in [0.1, 0.15) is 43.0 Å². The molecule has 1 saturated heterocycles. The van der Waals surface area contributed by atoms with Gasteiger partial charge in [0.2, 0.25) is 0 Å². The van der Waals surface area contributed by atoms with Gasteiger partial charge in [0.15, 0.2) is 5.96 Å². The molecule has 1 aliphatic heterocycles. The molecule has 0 spiro atoms. The number of aliphatic imine (C=N–C) groups is 1. The first-order valence-corrected chi connectivity index (χ1v) is 10.00. The third-order valence-electron chi connectivity index (χ3n) is 4.43. The molecule has 0 saturated carbocycles. The maximum absolute atomic E-state index is 4.41. The molecule has 2 rings (SSSR count). The Morgan fingerprint density at radius 2 is 2.08 bits per heavy atom. The standard InChI is InChI=1S/C18H33N5S/c1-14(2)11-16(23-9-5-6-10-23)13-22-18(19-4)20-8-7-17-21-12-15(3)24-17/h12,14,16H,5-11,13H2,1-4H3,(H2,19,20,22). The largest absolute Gasteiger partial charge is 0.356 e. The lowest BCUT2D eigenvalue weighted by molar-refractivity contribution is 0.213. The predicted octanol–water partition coefficient (Wildman–Crippen LogP) is 2.67. The average molecular weight is 352 g/mol. The van der Waals surface area contributed by atoms with Gasteiger partial charge in [0, 0.05) is 43.7 Å². The highest BCUT2D eigenvalue weighted by molar-refractivity contribution is 7.11. The van der Waals surface area contributed by atoms with E-state index in [1.165, 1.54) is 42.2 Å². The number of nitrogens with zero attached hydrogens (tertiary/aromatic N) is 3. The average Bonchev–Trinajstić information content (AvgIpc) is 3.20. The lowest BCUT2D eigenvalue weighted by atomic mass is 10.0. The van der Waals surface area contributed by atoms with Crippen molar-refractivity contribution in [2.45, 2.75) is 52.5 Å². The summed E-state index contributed by atoms with van der Waals surface area (Å²) in [6.07, 6.45) is 6.81. The second-order valence-corrected chi connectivity index (χ2v) is 8.34. The number of rotatable bonds is 8. The summed E-state index contributed by atoms with van der Waals surface area (Å²) in [5.41, 5.74) is 0. The van der Waals surface area contributed by atoms with E-state index in [9.17, 15) is 0 Å². The molecule has 1 fully saturated rings.